The molecule has 0 aliphatic carbocycles. The number of nitrogens with two attached hydrogens (primary N) is 2. The first-order chi connectivity index (χ1) is 11.6. The minimum Gasteiger partial charge on any atom is -0.480 e. The van der Waals surface area contributed by atoms with Crippen LogP contribution in [0.3, 0.4) is 0 Å². The number of carboxylic acid groups (broad SMARTS) is 1. The summed E-state index contributed by atoms with van der Waals surface area (Å²) in [4.78, 5) is 11.7. The molecule has 0 aliphatic heterocycles. The molecule has 24 heavy (non-hydrogen) atoms. The molecule has 5 N–H and O–H groups in total. The molecule has 0 unspecified atom stereocenters. The predicted octanol–water partition coefficient (Wildman–Crippen LogP) is 2.53. The number of carbonyl (C=O) groups is 1. The molecule has 0 aliphatic rings. The first kappa shape index (κ1) is 18.1. The van der Waals surface area contributed by atoms with Crippen molar-refractivity contribution in [3.63, 3.8) is 0 Å². The quantitative estimate of drug-likeness (QED) is 0.374. The van der Waals surface area contributed by atoms with Gasteiger partial charge in [0.25, 0.3) is 0 Å². The Hall–Kier alpha value is -2.21. The van der Waals surface area contributed by atoms with Crippen molar-refractivity contribution in [2.45, 2.75) is 31.3 Å². The fraction of sp³-hybridized carbons (Fsp3) is 0.316. The van der Waals surface area contributed by atoms with E-state index in [1.165, 1.54) is 5.01 Å². The average Bonchev–Trinajstić information content (AvgIpc) is 2.60. The van der Waals surface area contributed by atoms with E-state index in [0.29, 0.717) is 13.0 Å². The Balaban J connectivity index is 2.33. The monoisotopic (exact) mass is 327 g/mol. The van der Waals surface area contributed by atoms with Gasteiger partial charge in [0.1, 0.15) is 6.04 Å². The van der Waals surface area contributed by atoms with E-state index in [1.54, 1.807) is 0 Å². The van der Waals surface area contributed by atoms with Gasteiger partial charge < -0.3 is 10.8 Å². The first-order valence-electron chi connectivity index (χ1n) is 8.21. The highest BCUT2D eigenvalue weighted by molar-refractivity contribution is 5.73. The van der Waals surface area contributed by atoms with Crippen molar-refractivity contribution < 1.29 is 9.90 Å². The Labute approximate surface area is 142 Å². The Morgan fingerprint density at radius 1 is 0.958 bits per heavy atom. The summed E-state index contributed by atoms with van der Waals surface area (Å²) in [6, 6.07) is 18.4. The third-order valence-electron chi connectivity index (χ3n) is 4.11. The third-order valence-corrected chi connectivity index (χ3v) is 4.11. The maximum atomic E-state index is 11.7. The average molecular weight is 327 g/mol. The molecule has 2 rings (SSSR count). The van der Waals surface area contributed by atoms with Crippen LogP contribution in [0.1, 0.15) is 36.4 Å². The van der Waals surface area contributed by atoms with E-state index >= 15 is 0 Å². The molecule has 2 aromatic carbocycles. The lowest BCUT2D eigenvalue weighted by Crippen LogP contribution is -2.48. The van der Waals surface area contributed by atoms with Gasteiger partial charge in [-0.25, -0.2) is 5.01 Å². The second-order valence-corrected chi connectivity index (χ2v) is 5.81. The largest absolute Gasteiger partial charge is 0.480 e. The summed E-state index contributed by atoms with van der Waals surface area (Å²) in [6.07, 6.45) is 2.00. The number of rotatable bonds is 9. The standard InChI is InChI=1S/C19H25N3O2/c20-14-8-7-13-17(19(23)24)22(21)18(15-9-3-1-4-10-15)16-11-5-2-6-12-16/h1-6,9-12,17-18H,7-8,13-14,20-21H2,(H,23,24)/t17-/m0/s1. The smallest absolute Gasteiger partial charge is 0.322 e. The van der Waals surface area contributed by atoms with Crippen LogP contribution in [0.15, 0.2) is 60.7 Å². The number of nitrogens with zero attached hydrogens (tertiary/aromatic N) is 1. The van der Waals surface area contributed by atoms with E-state index in [-0.39, 0.29) is 6.04 Å². The van der Waals surface area contributed by atoms with Crippen LogP contribution in [-0.2, 0) is 4.79 Å². The SMILES string of the molecule is NCCCC[C@@H](C(=O)O)N(N)C(c1ccccc1)c1ccccc1. The molecule has 5 heteroatoms. The molecule has 0 radical (unpaired) electrons. The highest BCUT2D eigenvalue weighted by atomic mass is 16.4. The minimum atomic E-state index is -0.911. The fourth-order valence-corrected chi connectivity index (χ4v) is 2.87. The van der Waals surface area contributed by atoms with Crippen LogP contribution in [0, 0.1) is 0 Å². The van der Waals surface area contributed by atoms with Crippen molar-refractivity contribution in [2.75, 3.05) is 6.54 Å². The summed E-state index contributed by atoms with van der Waals surface area (Å²) in [7, 11) is 0. The van der Waals surface area contributed by atoms with Crippen molar-refractivity contribution in [1.29, 1.82) is 0 Å². The van der Waals surface area contributed by atoms with Crippen LogP contribution in [0.25, 0.3) is 0 Å². The first-order valence-corrected chi connectivity index (χ1v) is 8.21. The van der Waals surface area contributed by atoms with Crippen LogP contribution in [-0.4, -0.2) is 28.7 Å². The van der Waals surface area contributed by atoms with Crippen LogP contribution in [0.5, 0.6) is 0 Å². The van der Waals surface area contributed by atoms with Crippen LogP contribution in [0.2, 0.25) is 0 Å². The lowest BCUT2D eigenvalue weighted by Gasteiger charge is -2.33. The van der Waals surface area contributed by atoms with Crippen LogP contribution in [0.4, 0.5) is 0 Å². The molecule has 2 aromatic rings. The lowest BCUT2D eigenvalue weighted by molar-refractivity contribution is -0.144. The van der Waals surface area contributed by atoms with Crippen LogP contribution < -0.4 is 11.6 Å². The topological polar surface area (TPSA) is 92.6 Å². The van der Waals surface area contributed by atoms with Gasteiger partial charge in [0.15, 0.2) is 0 Å². The summed E-state index contributed by atoms with van der Waals surface area (Å²) in [5.41, 5.74) is 7.45. The number of hydrogen-bond acceptors (Lipinski definition) is 4. The third kappa shape index (κ3) is 4.64. The Morgan fingerprint density at radius 2 is 1.46 bits per heavy atom. The van der Waals surface area contributed by atoms with Crippen molar-refractivity contribution in [3.8, 4) is 0 Å². The second-order valence-electron chi connectivity index (χ2n) is 5.81. The summed E-state index contributed by atoms with van der Waals surface area (Å²) in [5, 5.41) is 11.1. The summed E-state index contributed by atoms with van der Waals surface area (Å²) >= 11 is 0. The second kappa shape index (κ2) is 9.17. The zero-order chi connectivity index (χ0) is 17.4. The van der Waals surface area contributed by atoms with E-state index in [0.717, 1.165) is 24.0 Å². The van der Waals surface area contributed by atoms with Gasteiger partial charge in [-0.2, -0.15) is 0 Å². The van der Waals surface area contributed by atoms with Crippen LogP contribution >= 0.6 is 0 Å². The van der Waals surface area contributed by atoms with E-state index in [4.69, 9.17) is 11.6 Å². The normalized spacial score (nSPS) is 12.5. The van der Waals surface area contributed by atoms with Gasteiger partial charge >= 0.3 is 5.97 Å². The molecule has 0 saturated carbocycles. The summed E-state index contributed by atoms with van der Waals surface area (Å²) in [5.74, 6) is 5.42. The molecular formula is C19H25N3O2. The van der Waals surface area contributed by atoms with Gasteiger partial charge in [0.2, 0.25) is 0 Å². The Kier molecular flexibility index (Phi) is 6.93. The molecular weight excluding hydrogens is 302 g/mol. The molecule has 0 bridgehead atoms. The number of carboxylic acids is 1. The van der Waals surface area contributed by atoms with Gasteiger partial charge in [-0.3, -0.25) is 10.6 Å². The molecule has 128 valence electrons. The Bertz CT molecular complexity index is 580. The van der Waals surface area contributed by atoms with Crippen molar-refractivity contribution in [2.24, 2.45) is 11.6 Å². The van der Waals surface area contributed by atoms with E-state index in [9.17, 15) is 9.90 Å². The van der Waals surface area contributed by atoms with Gasteiger partial charge in [-0.05, 0) is 36.9 Å². The number of benzene rings is 2. The van der Waals surface area contributed by atoms with Gasteiger partial charge in [0, 0.05) is 0 Å². The molecule has 1 atom stereocenters. The van der Waals surface area contributed by atoms with Gasteiger partial charge in [-0.15, -0.1) is 0 Å². The molecule has 0 saturated heterocycles. The minimum absolute atomic E-state index is 0.314. The van der Waals surface area contributed by atoms with Crippen molar-refractivity contribution in [3.05, 3.63) is 71.8 Å². The fourth-order valence-electron chi connectivity index (χ4n) is 2.87. The number of hydrazine groups is 1. The van der Waals surface area contributed by atoms with Crippen molar-refractivity contribution in [1.82, 2.24) is 5.01 Å². The highest BCUT2D eigenvalue weighted by Crippen LogP contribution is 2.29. The number of aliphatic carboxylic acids is 1. The molecule has 0 aromatic heterocycles. The van der Waals surface area contributed by atoms with Gasteiger partial charge in [-0.1, -0.05) is 60.7 Å². The molecule has 0 heterocycles. The highest BCUT2D eigenvalue weighted by Gasteiger charge is 2.30. The zero-order valence-electron chi connectivity index (χ0n) is 13.7. The predicted molar refractivity (Wildman–Crippen MR) is 95.1 cm³/mol. The molecule has 0 fully saturated rings. The number of unbranched alkanes of at least 4 members (excludes halogenated alkanes) is 1. The van der Waals surface area contributed by atoms with E-state index < -0.39 is 12.0 Å². The summed E-state index contributed by atoms with van der Waals surface area (Å²) in [6.45, 7) is 0.553. The number of hydrogen-bond donors (Lipinski definition) is 3. The zero-order valence-corrected chi connectivity index (χ0v) is 13.7. The maximum Gasteiger partial charge on any atom is 0.322 e. The lowest BCUT2D eigenvalue weighted by atomic mass is 9.96. The molecule has 5 nitrogen and oxygen atoms in total. The van der Waals surface area contributed by atoms with E-state index in [1.807, 2.05) is 60.7 Å². The van der Waals surface area contributed by atoms with E-state index in [2.05, 4.69) is 0 Å². The molecule has 0 amide bonds. The van der Waals surface area contributed by atoms with Gasteiger partial charge in [0.05, 0.1) is 6.04 Å². The molecule has 0 spiro atoms. The van der Waals surface area contributed by atoms with Crippen molar-refractivity contribution >= 4 is 5.97 Å². The maximum absolute atomic E-state index is 11.7. The Morgan fingerprint density at radius 3 is 1.88 bits per heavy atom. The summed E-state index contributed by atoms with van der Waals surface area (Å²) < 4.78 is 0.